The highest BCUT2D eigenvalue weighted by Crippen LogP contribution is 2.38. The molecule has 2 heterocycles. The van der Waals surface area contributed by atoms with E-state index in [0.29, 0.717) is 29.2 Å². The van der Waals surface area contributed by atoms with Gasteiger partial charge in [-0.15, -0.1) is 0 Å². The van der Waals surface area contributed by atoms with Crippen LogP contribution in [-0.2, 0) is 14.3 Å². The van der Waals surface area contributed by atoms with Gasteiger partial charge in [0.2, 0.25) is 5.91 Å². The molecule has 28 heavy (non-hydrogen) atoms. The summed E-state index contributed by atoms with van der Waals surface area (Å²) in [6.07, 6.45) is 0. The Kier molecular flexibility index (Phi) is 5.31. The van der Waals surface area contributed by atoms with E-state index in [0.717, 1.165) is 0 Å². The van der Waals surface area contributed by atoms with E-state index in [9.17, 15) is 14.4 Å². The molecule has 2 N–H and O–H groups in total. The van der Waals surface area contributed by atoms with Crippen LogP contribution in [0.25, 0.3) is 0 Å². The molecular weight excluding hydrogens is 362 g/mol. The third kappa shape index (κ3) is 3.95. The van der Waals surface area contributed by atoms with Crippen LogP contribution in [0.5, 0.6) is 5.75 Å². The predicted octanol–water partition coefficient (Wildman–Crippen LogP) is 1.88. The number of para-hydroxylation sites is 1. The SMILES string of the molecule is CCOc1ccccc1[C@H]1NC(=O)N(CC(=O)NC(C)(C)C)C2=C1C(=O)OC2. The van der Waals surface area contributed by atoms with Crippen LogP contribution in [-0.4, -0.2) is 48.1 Å². The summed E-state index contributed by atoms with van der Waals surface area (Å²) >= 11 is 0. The number of esters is 1. The second kappa shape index (κ2) is 7.53. The third-order valence-electron chi connectivity index (χ3n) is 4.34. The zero-order chi connectivity index (χ0) is 20.5. The normalized spacial score (nSPS) is 19.1. The fraction of sp³-hybridized carbons (Fsp3) is 0.450. The van der Waals surface area contributed by atoms with Gasteiger partial charge in [0.1, 0.15) is 18.9 Å². The van der Waals surface area contributed by atoms with Crippen LogP contribution in [0.2, 0.25) is 0 Å². The Morgan fingerprint density at radius 2 is 2.04 bits per heavy atom. The summed E-state index contributed by atoms with van der Waals surface area (Å²) in [7, 11) is 0. The Hall–Kier alpha value is -3.03. The van der Waals surface area contributed by atoms with E-state index in [4.69, 9.17) is 9.47 Å². The van der Waals surface area contributed by atoms with Crippen molar-refractivity contribution in [3.63, 3.8) is 0 Å². The number of carbonyl (C=O) groups excluding carboxylic acids is 3. The van der Waals surface area contributed by atoms with Crippen molar-refractivity contribution in [1.29, 1.82) is 0 Å². The van der Waals surface area contributed by atoms with Gasteiger partial charge < -0.3 is 20.1 Å². The van der Waals surface area contributed by atoms with Crippen LogP contribution in [0.1, 0.15) is 39.3 Å². The van der Waals surface area contributed by atoms with Crippen molar-refractivity contribution in [2.24, 2.45) is 0 Å². The predicted molar refractivity (Wildman–Crippen MR) is 101 cm³/mol. The summed E-state index contributed by atoms with van der Waals surface area (Å²) in [5.74, 6) is -0.240. The maximum absolute atomic E-state index is 12.8. The summed E-state index contributed by atoms with van der Waals surface area (Å²) in [4.78, 5) is 38.8. The Morgan fingerprint density at radius 1 is 1.32 bits per heavy atom. The minimum atomic E-state index is -0.692. The van der Waals surface area contributed by atoms with Crippen molar-refractivity contribution >= 4 is 17.9 Å². The molecule has 150 valence electrons. The number of hydrogen-bond acceptors (Lipinski definition) is 5. The minimum Gasteiger partial charge on any atom is -0.494 e. The highest BCUT2D eigenvalue weighted by molar-refractivity contribution is 5.98. The number of cyclic esters (lactones) is 1. The van der Waals surface area contributed by atoms with Crippen LogP contribution < -0.4 is 15.4 Å². The van der Waals surface area contributed by atoms with Gasteiger partial charge in [-0.25, -0.2) is 9.59 Å². The molecule has 1 aromatic rings. The van der Waals surface area contributed by atoms with Crippen LogP contribution in [0.3, 0.4) is 0 Å². The molecule has 0 spiro atoms. The first-order valence-corrected chi connectivity index (χ1v) is 9.22. The average molecular weight is 387 g/mol. The monoisotopic (exact) mass is 387 g/mol. The number of hydrogen-bond donors (Lipinski definition) is 2. The molecule has 0 saturated carbocycles. The van der Waals surface area contributed by atoms with E-state index < -0.39 is 23.6 Å². The van der Waals surface area contributed by atoms with Crippen LogP contribution in [0.15, 0.2) is 35.5 Å². The average Bonchev–Trinajstić information content (AvgIpc) is 2.98. The van der Waals surface area contributed by atoms with Gasteiger partial charge in [0, 0.05) is 11.1 Å². The number of benzene rings is 1. The largest absolute Gasteiger partial charge is 0.494 e. The number of rotatable bonds is 5. The number of ether oxygens (including phenoxy) is 2. The zero-order valence-electron chi connectivity index (χ0n) is 16.5. The van der Waals surface area contributed by atoms with Crippen molar-refractivity contribution in [2.45, 2.75) is 39.3 Å². The molecule has 1 atom stereocenters. The molecule has 1 aromatic carbocycles. The van der Waals surface area contributed by atoms with E-state index in [1.807, 2.05) is 39.8 Å². The van der Waals surface area contributed by atoms with Crippen molar-refractivity contribution in [2.75, 3.05) is 19.8 Å². The van der Waals surface area contributed by atoms with E-state index in [1.165, 1.54) is 4.90 Å². The van der Waals surface area contributed by atoms with Crippen molar-refractivity contribution in [3.05, 3.63) is 41.1 Å². The van der Waals surface area contributed by atoms with Crippen molar-refractivity contribution in [3.8, 4) is 5.75 Å². The Labute approximate surface area is 163 Å². The Bertz CT molecular complexity index is 840. The smallest absolute Gasteiger partial charge is 0.338 e. The van der Waals surface area contributed by atoms with Gasteiger partial charge in [-0.05, 0) is 33.8 Å². The Balaban J connectivity index is 1.95. The van der Waals surface area contributed by atoms with Gasteiger partial charge >= 0.3 is 12.0 Å². The lowest BCUT2D eigenvalue weighted by Crippen LogP contribution is -2.52. The molecule has 0 fully saturated rings. The second-order valence-corrected chi connectivity index (χ2v) is 7.67. The number of carbonyl (C=O) groups is 3. The maximum atomic E-state index is 12.8. The van der Waals surface area contributed by atoms with Gasteiger partial charge in [0.25, 0.3) is 0 Å². The molecule has 0 saturated heterocycles. The topological polar surface area (TPSA) is 97.0 Å². The number of nitrogens with zero attached hydrogens (tertiary/aromatic N) is 1. The molecule has 3 amide bonds. The lowest BCUT2D eigenvalue weighted by molar-refractivity contribution is -0.136. The summed E-state index contributed by atoms with van der Waals surface area (Å²) in [6.45, 7) is 7.64. The lowest BCUT2D eigenvalue weighted by atomic mass is 9.95. The summed E-state index contributed by atoms with van der Waals surface area (Å²) in [5.41, 5.74) is 0.980. The first-order chi connectivity index (χ1) is 13.2. The number of amides is 3. The molecule has 3 rings (SSSR count). The molecule has 0 aliphatic carbocycles. The van der Waals surface area contributed by atoms with Crippen LogP contribution in [0, 0.1) is 0 Å². The van der Waals surface area contributed by atoms with Gasteiger partial charge in [0.15, 0.2) is 0 Å². The maximum Gasteiger partial charge on any atom is 0.338 e. The van der Waals surface area contributed by atoms with Gasteiger partial charge in [-0.1, -0.05) is 18.2 Å². The summed E-state index contributed by atoms with van der Waals surface area (Å²) < 4.78 is 10.8. The molecule has 0 unspecified atom stereocenters. The van der Waals surface area contributed by atoms with Crippen LogP contribution in [0.4, 0.5) is 4.79 Å². The summed E-state index contributed by atoms with van der Waals surface area (Å²) in [5, 5.41) is 5.64. The van der Waals surface area contributed by atoms with Crippen molar-refractivity contribution in [1.82, 2.24) is 15.5 Å². The molecular formula is C20H25N3O5. The standard InChI is InChI=1S/C20H25N3O5/c1-5-27-14-9-7-6-8-12(14)17-16-13(11-28-18(16)25)23(19(26)21-17)10-15(24)22-20(2,3)4/h6-9,17H,5,10-11H2,1-4H3,(H,21,26)(H,22,24)/t17-/m1/s1. The molecule has 8 heteroatoms. The highest BCUT2D eigenvalue weighted by atomic mass is 16.5. The quantitative estimate of drug-likeness (QED) is 0.752. The third-order valence-corrected chi connectivity index (χ3v) is 4.34. The lowest BCUT2D eigenvalue weighted by Gasteiger charge is -2.33. The van der Waals surface area contributed by atoms with E-state index >= 15 is 0 Å². The molecule has 8 nitrogen and oxygen atoms in total. The van der Waals surface area contributed by atoms with Gasteiger partial charge in [-0.3, -0.25) is 9.69 Å². The number of nitrogens with one attached hydrogen (secondary N) is 2. The molecule has 2 aliphatic heterocycles. The van der Waals surface area contributed by atoms with E-state index in [-0.39, 0.29) is 19.1 Å². The fourth-order valence-electron chi connectivity index (χ4n) is 3.32. The van der Waals surface area contributed by atoms with Gasteiger partial charge in [0.05, 0.1) is 23.9 Å². The molecule has 0 aromatic heterocycles. The first-order valence-electron chi connectivity index (χ1n) is 9.22. The van der Waals surface area contributed by atoms with Gasteiger partial charge in [-0.2, -0.15) is 0 Å². The molecule has 2 aliphatic rings. The second-order valence-electron chi connectivity index (χ2n) is 7.67. The number of urea groups is 1. The van der Waals surface area contributed by atoms with E-state index in [2.05, 4.69) is 10.6 Å². The fourth-order valence-corrected chi connectivity index (χ4v) is 3.32. The zero-order valence-corrected chi connectivity index (χ0v) is 16.5. The van der Waals surface area contributed by atoms with Crippen molar-refractivity contribution < 1.29 is 23.9 Å². The first kappa shape index (κ1) is 19.7. The minimum absolute atomic E-state index is 0.0440. The van der Waals surface area contributed by atoms with E-state index in [1.54, 1.807) is 12.1 Å². The van der Waals surface area contributed by atoms with Crippen LogP contribution >= 0.6 is 0 Å². The molecule has 0 bridgehead atoms. The summed E-state index contributed by atoms with van der Waals surface area (Å²) in [6, 6.07) is 6.07. The highest BCUT2D eigenvalue weighted by Gasteiger charge is 2.43. The molecule has 0 radical (unpaired) electrons. The Morgan fingerprint density at radius 3 is 2.71 bits per heavy atom.